The minimum absolute atomic E-state index is 0.348. The van der Waals surface area contributed by atoms with Crippen molar-refractivity contribution in [3.05, 3.63) is 65.7 Å². The van der Waals surface area contributed by atoms with Crippen LogP contribution >= 0.6 is 0 Å². The minimum atomic E-state index is -0.736. The topological polar surface area (TPSA) is 122 Å². The summed E-state index contributed by atoms with van der Waals surface area (Å²) in [5.74, 6) is 1.16. The Bertz CT molecular complexity index is 1220. The summed E-state index contributed by atoms with van der Waals surface area (Å²) in [5.41, 5.74) is 4.14. The number of hydrogen-bond acceptors (Lipinski definition) is 6. The highest BCUT2D eigenvalue weighted by Gasteiger charge is 2.19. The van der Waals surface area contributed by atoms with Crippen molar-refractivity contribution < 1.29 is 9.90 Å². The van der Waals surface area contributed by atoms with Crippen molar-refractivity contribution in [1.82, 2.24) is 35.4 Å². The van der Waals surface area contributed by atoms with Crippen LogP contribution in [0.3, 0.4) is 0 Å². The largest absolute Gasteiger partial charge is 0.481 e. The summed E-state index contributed by atoms with van der Waals surface area (Å²) in [6, 6.07) is 16.3. The fraction of sp³-hybridized carbons (Fsp3) is 0.360. The smallest absolute Gasteiger partial charge is 0.306 e. The highest BCUT2D eigenvalue weighted by Crippen LogP contribution is 2.29. The zero-order valence-corrected chi connectivity index (χ0v) is 19.5. The lowest BCUT2D eigenvalue weighted by molar-refractivity contribution is -0.142. The molecule has 0 saturated carbocycles. The van der Waals surface area contributed by atoms with Gasteiger partial charge < -0.3 is 5.11 Å². The maximum Gasteiger partial charge on any atom is 0.306 e. The van der Waals surface area contributed by atoms with Gasteiger partial charge in [-0.15, -0.1) is 5.10 Å². The maximum atomic E-state index is 11.5. The Balaban J connectivity index is 1.52. The molecule has 4 aromatic rings. The van der Waals surface area contributed by atoms with Crippen molar-refractivity contribution in [2.24, 2.45) is 5.92 Å². The van der Waals surface area contributed by atoms with Crippen molar-refractivity contribution in [3.8, 4) is 22.5 Å². The number of aromatic amines is 1. The number of carbonyl (C=O) groups is 1. The molecule has 4 rings (SSSR count). The van der Waals surface area contributed by atoms with Gasteiger partial charge in [0.15, 0.2) is 11.6 Å². The van der Waals surface area contributed by atoms with Crippen LogP contribution in [0.5, 0.6) is 0 Å². The van der Waals surface area contributed by atoms with Gasteiger partial charge in [-0.3, -0.25) is 4.79 Å². The van der Waals surface area contributed by atoms with E-state index < -0.39 is 5.97 Å². The fourth-order valence-corrected chi connectivity index (χ4v) is 4.11. The molecule has 2 aromatic heterocycles. The normalized spacial score (nSPS) is 12.1. The van der Waals surface area contributed by atoms with Crippen LogP contribution in [-0.2, 0) is 24.2 Å². The number of rotatable bonds is 11. The van der Waals surface area contributed by atoms with E-state index in [-0.39, 0.29) is 5.92 Å². The van der Waals surface area contributed by atoms with Gasteiger partial charge in [0.2, 0.25) is 0 Å². The van der Waals surface area contributed by atoms with Crippen LogP contribution in [0, 0.1) is 5.92 Å². The van der Waals surface area contributed by atoms with Gasteiger partial charge in [-0.05, 0) is 40.0 Å². The Morgan fingerprint density at radius 2 is 1.82 bits per heavy atom. The van der Waals surface area contributed by atoms with Crippen LogP contribution in [0.4, 0.5) is 0 Å². The Morgan fingerprint density at radius 1 is 1.06 bits per heavy atom. The van der Waals surface area contributed by atoms with Gasteiger partial charge in [0.05, 0.1) is 12.5 Å². The summed E-state index contributed by atoms with van der Waals surface area (Å²) >= 11 is 0. The lowest BCUT2D eigenvalue weighted by Gasteiger charge is -2.12. The number of H-pyrrole nitrogens is 1. The molecule has 9 heteroatoms. The Morgan fingerprint density at radius 3 is 2.47 bits per heavy atom. The molecule has 0 aliphatic heterocycles. The number of aryl methyl sites for hydroxylation is 2. The van der Waals surface area contributed by atoms with E-state index in [1.165, 1.54) is 0 Å². The van der Waals surface area contributed by atoms with Crippen LogP contribution in [0.2, 0.25) is 0 Å². The quantitative estimate of drug-likeness (QED) is 0.345. The minimum Gasteiger partial charge on any atom is -0.481 e. The first-order chi connectivity index (χ1) is 16.6. The summed E-state index contributed by atoms with van der Waals surface area (Å²) in [5, 5.41) is 28.4. The van der Waals surface area contributed by atoms with Crippen LogP contribution < -0.4 is 0 Å². The van der Waals surface area contributed by atoms with E-state index in [9.17, 15) is 9.90 Å². The van der Waals surface area contributed by atoms with E-state index >= 15 is 0 Å². The molecule has 0 radical (unpaired) electrons. The molecule has 0 saturated heterocycles. The molecule has 176 valence electrons. The summed E-state index contributed by atoms with van der Waals surface area (Å²) in [6.45, 7) is 4.62. The third-order valence-electron chi connectivity index (χ3n) is 5.94. The molecule has 2 aromatic carbocycles. The Kier molecular flexibility index (Phi) is 7.41. The average Bonchev–Trinajstić information content (AvgIpc) is 3.52. The Hall–Kier alpha value is -3.88. The number of nitrogens with zero attached hydrogens (tertiary/aromatic N) is 6. The molecule has 0 spiro atoms. The van der Waals surface area contributed by atoms with E-state index in [1.54, 1.807) is 0 Å². The lowest BCUT2D eigenvalue weighted by atomic mass is 9.98. The van der Waals surface area contributed by atoms with Crippen LogP contribution in [-0.4, -0.2) is 46.5 Å². The number of nitrogens with one attached hydrogen (secondary N) is 1. The van der Waals surface area contributed by atoms with Crippen molar-refractivity contribution in [1.29, 1.82) is 0 Å². The van der Waals surface area contributed by atoms with E-state index in [2.05, 4.69) is 55.0 Å². The van der Waals surface area contributed by atoms with Crippen molar-refractivity contribution >= 4 is 5.97 Å². The number of carboxylic acid groups (broad SMARTS) is 1. The molecule has 9 nitrogen and oxygen atoms in total. The number of aliphatic carboxylic acids is 1. The van der Waals surface area contributed by atoms with E-state index in [4.69, 9.17) is 0 Å². The van der Waals surface area contributed by atoms with Crippen molar-refractivity contribution in [2.75, 3.05) is 0 Å². The molecule has 0 amide bonds. The van der Waals surface area contributed by atoms with E-state index in [1.807, 2.05) is 42.8 Å². The van der Waals surface area contributed by atoms with Crippen LogP contribution in [0.25, 0.3) is 22.5 Å². The zero-order chi connectivity index (χ0) is 23.9. The highest BCUT2D eigenvalue weighted by atomic mass is 16.4. The standard InChI is InChI=1S/C25H29N7O2/c1-3-7-19(25(33)34)14-15-23-26-22(4-2)29-32(23)16-17-10-12-18(13-11-17)20-8-5-6-9-21(20)24-27-30-31-28-24/h5-6,8-13,19H,3-4,7,14-16H2,1-2H3,(H,33,34)(H,27,28,30,31). The molecule has 0 aliphatic rings. The molecular weight excluding hydrogens is 430 g/mol. The number of aromatic nitrogens is 7. The van der Waals surface area contributed by atoms with Gasteiger partial charge in [0.25, 0.3) is 0 Å². The SMILES string of the molecule is CCCC(CCc1nc(CC)nn1Cc1ccc(-c2ccccc2-c2nnn[nH]2)cc1)C(=O)O. The summed E-state index contributed by atoms with van der Waals surface area (Å²) < 4.78 is 1.91. The monoisotopic (exact) mass is 459 g/mol. The number of benzene rings is 2. The van der Waals surface area contributed by atoms with Crippen LogP contribution in [0.1, 0.15) is 50.3 Å². The summed E-state index contributed by atoms with van der Waals surface area (Å²) in [4.78, 5) is 16.2. The molecule has 2 heterocycles. The second kappa shape index (κ2) is 10.8. The van der Waals surface area contributed by atoms with Gasteiger partial charge in [-0.2, -0.15) is 5.10 Å². The van der Waals surface area contributed by atoms with Gasteiger partial charge in [-0.25, -0.2) is 14.8 Å². The molecule has 1 atom stereocenters. The average molecular weight is 460 g/mol. The van der Waals surface area contributed by atoms with Gasteiger partial charge in [0, 0.05) is 18.4 Å². The Labute approximate surface area is 198 Å². The van der Waals surface area contributed by atoms with Gasteiger partial charge >= 0.3 is 5.97 Å². The molecule has 0 aliphatic carbocycles. The first-order valence-corrected chi connectivity index (χ1v) is 11.7. The van der Waals surface area contributed by atoms with E-state index in [0.29, 0.717) is 31.6 Å². The molecule has 0 fully saturated rings. The third kappa shape index (κ3) is 5.36. The zero-order valence-electron chi connectivity index (χ0n) is 19.5. The van der Waals surface area contributed by atoms with Gasteiger partial charge in [0.1, 0.15) is 5.82 Å². The second-order valence-corrected chi connectivity index (χ2v) is 8.31. The predicted octanol–water partition coefficient (Wildman–Crippen LogP) is 4.17. The van der Waals surface area contributed by atoms with E-state index in [0.717, 1.165) is 46.7 Å². The molecule has 2 N–H and O–H groups in total. The lowest BCUT2D eigenvalue weighted by Crippen LogP contribution is -2.16. The molecule has 0 bridgehead atoms. The fourth-order valence-electron chi connectivity index (χ4n) is 4.11. The first kappa shape index (κ1) is 23.3. The van der Waals surface area contributed by atoms with Crippen molar-refractivity contribution in [3.63, 3.8) is 0 Å². The van der Waals surface area contributed by atoms with Crippen molar-refractivity contribution in [2.45, 2.75) is 52.5 Å². The number of carboxylic acids is 1. The number of hydrogen-bond donors (Lipinski definition) is 2. The second-order valence-electron chi connectivity index (χ2n) is 8.31. The highest BCUT2D eigenvalue weighted by molar-refractivity contribution is 5.80. The third-order valence-corrected chi connectivity index (χ3v) is 5.94. The maximum absolute atomic E-state index is 11.5. The van der Waals surface area contributed by atoms with Gasteiger partial charge in [-0.1, -0.05) is 68.8 Å². The predicted molar refractivity (Wildman–Crippen MR) is 128 cm³/mol. The first-order valence-electron chi connectivity index (χ1n) is 11.7. The summed E-state index contributed by atoms with van der Waals surface area (Å²) in [6.07, 6.45) is 3.44. The molecular formula is C25H29N7O2. The molecule has 1 unspecified atom stereocenters. The molecule has 34 heavy (non-hydrogen) atoms. The van der Waals surface area contributed by atoms with Crippen LogP contribution in [0.15, 0.2) is 48.5 Å². The summed E-state index contributed by atoms with van der Waals surface area (Å²) in [7, 11) is 0. The number of tetrazole rings is 1.